The number of halogens is 1. The van der Waals surface area contributed by atoms with Crippen LogP contribution in [0.2, 0.25) is 0 Å². The summed E-state index contributed by atoms with van der Waals surface area (Å²) < 4.78 is 6.81. The number of nitrogens with zero attached hydrogens (tertiary/aromatic N) is 3. The number of thiophene rings is 1. The van der Waals surface area contributed by atoms with E-state index >= 15 is 0 Å². The average molecular weight is 431 g/mol. The Bertz CT molecular complexity index is 955. The zero-order chi connectivity index (χ0) is 15.6. The second-order valence-electron chi connectivity index (χ2n) is 4.79. The lowest BCUT2D eigenvalue weighted by Gasteiger charge is -2.04. The molecule has 1 aromatic carbocycles. The first-order valence-electron chi connectivity index (χ1n) is 6.89. The van der Waals surface area contributed by atoms with Crippen LogP contribution < -0.4 is 4.74 Å². The lowest BCUT2D eigenvalue weighted by atomic mass is 10.2. The molecule has 6 heteroatoms. The number of fused-ring (bicyclic) bond motifs is 1. The Morgan fingerprint density at radius 2 is 1.83 bits per heavy atom. The van der Waals surface area contributed by atoms with Gasteiger partial charge in [0.2, 0.25) is 5.88 Å². The highest BCUT2D eigenvalue weighted by Gasteiger charge is 2.11. The lowest BCUT2D eigenvalue weighted by Crippen LogP contribution is -1.90. The summed E-state index contributed by atoms with van der Waals surface area (Å²) in [4.78, 5) is 14.9. The summed E-state index contributed by atoms with van der Waals surface area (Å²) in [5.74, 6) is 1.22. The highest BCUT2D eigenvalue weighted by molar-refractivity contribution is 14.1. The molecule has 0 radical (unpaired) electrons. The second-order valence-corrected chi connectivity index (χ2v) is 6.93. The summed E-state index contributed by atoms with van der Waals surface area (Å²) in [6, 6.07) is 16.1. The van der Waals surface area contributed by atoms with E-state index in [0.717, 1.165) is 24.4 Å². The van der Waals surface area contributed by atoms with Crippen molar-refractivity contribution < 1.29 is 4.74 Å². The summed E-state index contributed by atoms with van der Waals surface area (Å²) in [5, 5.41) is 0.912. The minimum absolute atomic E-state index is 0.552. The molecular weight excluding hydrogens is 421 g/mol. The molecule has 0 atom stereocenters. The Hall–Kier alpha value is -2.06. The summed E-state index contributed by atoms with van der Waals surface area (Å²) in [6.45, 7) is 0. The topological polar surface area (TPSA) is 47.9 Å². The molecule has 0 aliphatic rings. The highest BCUT2D eigenvalue weighted by Crippen LogP contribution is 2.36. The highest BCUT2D eigenvalue weighted by atomic mass is 127. The minimum Gasteiger partial charge on any atom is -0.437 e. The average Bonchev–Trinajstić information content (AvgIpc) is 3.03. The minimum atomic E-state index is 0.552. The number of ether oxygens (including phenoxy) is 1. The van der Waals surface area contributed by atoms with Gasteiger partial charge in [0, 0.05) is 4.88 Å². The normalized spacial score (nSPS) is 10.8. The molecule has 0 saturated heterocycles. The van der Waals surface area contributed by atoms with E-state index in [4.69, 9.17) is 4.74 Å². The number of aromatic nitrogens is 3. The predicted molar refractivity (Wildman–Crippen MR) is 99.9 cm³/mol. The fourth-order valence-electron chi connectivity index (χ4n) is 2.19. The van der Waals surface area contributed by atoms with Gasteiger partial charge in [-0.05, 0) is 46.4 Å². The smallest absolute Gasteiger partial charge is 0.231 e. The number of pyridine rings is 1. The van der Waals surface area contributed by atoms with Crippen molar-refractivity contribution >= 4 is 44.1 Å². The predicted octanol–water partition coefficient (Wildman–Crippen LogP) is 5.15. The summed E-state index contributed by atoms with van der Waals surface area (Å²) in [6.07, 6.45) is 3.23. The third-order valence-electron chi connectivity index (χ3n) is 3.27. The van der Waals surface area contributed by atoms with Crippen molar-refractivity contribution in [2.75, 3.05) is 0 Å². The molecule has 112 valence electrons. The number of hydrogen-bond donors (Lipinski definition) is 0. The maximum Gasteiger partial charge on any atom is 0.231 e. The second kappa shape index (κ2) is 6.21. The van der Waals surface area contributed by atoms with E-state index in [1.54, 1.807) is 17.5 Å². The molecule has 0 aliphatic heterocycles. The van der Waals surface area contributed by atoms with Crippen molar-refractivity contribution in [1.82, 2.24) is 15.0 Å². The molecule has 0 unspecified atom stereocenters. The molecule has 0 aliphatic carbocycles. The fraction of sp³-hybridized carbons (Fsp3) is 0. The SMILES string of the molecule is Ic1ccc(Oc2ncnc3sc(-c4ccccc4)cc23)cn1. The van der Waals surface area contributed by atoms with Crippen LogP contribution >= 0.6 is 33.9 Å². The molecule has 0 fully saturated rings. The van der Waals surface area contributed by atoms with Crippen molar-refractivity contribution in [3.05, 3.63) is 64.8 Å². The van der Waals surface area contributed by atoms with E-state index in [2.05, 4.69) is 55.7 Å². The Kier molecular flexibility index (Phi) is 3.92. The quantitative estimate of drug-likeness (QED) is 0.333. The van der Waals surface area contributed by atoms with E-state index in [1.807, 2.05) is 30.3 Å². The monoisotopic (exact) mass is 431 g/mol. The van der Waals surface area contributed by atoms with Crippen LogP contribution in [0.5, 0.6) is 11.6 Å². The largest absolute Gasteiger partial charge is 0.437 e. The molecule has 0 amide bonds. The van der Waals surface area contributed by atoms with Crippen molar-refractivity contribution in [3.63, 3.8) is 0 Å². The Morgan fingerprint density at radius 1 is 0.957 bits per heavy atom. The Morgan fingerprint density at radius 3 is 2.61 bits per heavy atom. The van der Waals surface area contributed by atoms with Crippen molar-refractivity contribution in [2.45, 2.75) is 0 Å². The molecule has 0 saturated carbocycles. The third kappa shape index (κ3) is 3.04. The molecule has 23 heavy (non-hydrogen) atoms. The number of rotatable bonds is 3. The third-order valence-corrected chi connectivity index (χ3v) is 5.00. The van der Waals surface area contributed by atoms with Crippen molar-refractivity contribution in [1.29, 1.82) is 0 Å². The van der Waals surface area contributed by atoms with Crippen LogP contribution in [0.4, 0.5) is 0 Å². The van der Waals surface area contributed by atoms with Gasteiger partial charge >= 0.3 is 0 Å². The number of hydrogen-bond acceptors (Lipinski definition) is 5. The van der Waals surface area contributed by atoms with Gasteiger partial charge in [-0.25, -0.2) is 15.0 Å². The van der Waals surface area contributed by atoms with Crippen LogP contribution in [0.25, 0.3) is 20.7 Å². The molecule has 3 heterocycles. The van der Waals surface area contributed by atoms with Gasteiger partial charge in [0.1, 0.15) is 20.6 Å². The summed E-state index contributed by atoms with van der Waals surface area (Å²) in [5.41, 5.74) is 1.16. The van der Waals surface area contributed by atoms with Crippen molar-refractivity contribution in [3.8, 4) is 22.1 Å². The van der Waals surface area contributed by atoms with Crippen LogP contribution in [0.3, 0.4) is 0 Å². The zero-order valence-corrected chi connectivity index (χ0v) is 14.8. The van der Waals surface area contributed by atoms with Gasteiger partial charge in [-0.3, -0.25) is 0 Å². The maximum absolute atomic E-state index is 5.89. The lowest BCUT2D eigenvalue weighted by molar-refractivity contribution is 0.466. The zero-order valence-electron chi connectivity index (χ0n) is 11.8. The van der Waals surface area contributed by atoms with E-state index in [0.29, 0.717) is 11.6 Å². The van der Waals surface area contributed by atoms with Gasteiger partial charge in [0.05, 0.1) is 11.6 Å². The first-order chi connectivity index (χ1) is 11.3. The van der Waals surface area contributed by atoms with Gasteiger partial charge in [0.25, 0.3) is 0 Å². The Balaban J connectivity index is 1.75. The van der Waals surface area contributed by atoms with Crippen LogP contribution in [-0.4, -0.2) is 15.0 Å². The maximum atomic E-state index is 5.89. The molecule has 4 rings (SSSR count). The van der Waals surface area contributed by atoms with Crippen LogP contribution in [0.1, 0.15) is 0 Å². The molecule has 0 N–H and O–H groups in total. The number of benzene rings is 1. The molecule has 4 aromatic rings. The summed E-state index contributed by atoms with van der Waals surface area (Å²) >= 11 is 3.79. The van der Waals surface area contributed by atoms with Crippen LogP contribution in [-0.2, 0) is 0 Å². The van der Waals surface area contributed by atoms with E-state index < -0.39 is 0 Å². The van der Waals surface area contributed by atoms with Gasteiger partial charge in [-0.2, -0.15) is 0 Å². The molecule has 0 spiro atoms. The standard InChI is InChI=1S/C17H10IN3OS/c18-15-7-6-12(9-19-15)22-16-13-8-14(11-4-2-1-3-5-11)23-17(13)21-10-20-16/h1-10H. The molecule has 3 aromatic heterocycles. The van der Waals surface area contributed by atoms with Crippen LogP contribution in [0, 0.1) is 3.70 Å². The Labute approximate surface area is 150 Å². The van der Waals surface area contributed by atoms with Gasteiger partial charge in [-0.1, -0.05) is 30.3 Å². The van der Waals surface area contributed by atoms with E-state index in [1.165, 1.54) is 6.33 Å². The molecule has 4 nitrogen and oxygen atoms in total. The molecular formula is C17H10IN3OS. The van der Waals surface area contributed by atoms with Crippen LogP contribution in [0.15, 0.2) is 61.1 Å². The fourth-order valence-corrected chi connectivity index (χ4v) is 3.51. The van der Waals surface area contributed by atoms with Gasteiger partial charge in [-0.15, -0.1) is 11.3 Å². The van der Waals surface area contributed by atoms with Crippen molar-refractivity contribution in [2.24, 2.45) is 0 Å². The molecule has 0 bridgehead atoms. The van der Waals surface area contributed by atoms with Gasteiger partial charge in [0.15, 0.2) is 0 Å². The van der Waals surface area contributed by atoms with E-state index in [9.17, 15) is 0 Å². The van der Waals surface area contributed by atoms with Gasteiger partial charge < -0.3 is 4.74 Å². The summed E-state index contributed by atoms with van der Waals surface area (Å²) in [7, 11) is 0. The first-order valence-corrected chi connectivity index (χ1v) is 8.78. The van der Waals surface area contributed by atoms with E-state index in [-0.39, 0.29) is 0 Å². The first kappa shape index (κ1) is 14.5.